The van der Waals surface area contributed by atoms with Gasteiger partial charge in [0, 0.05) is 35.6 Å². The lowest BCUT2D eigenvalue weighted by molar-refractivity contribution is -0.116. The molecule has 0 saturated carbocycles. The maximum absolute atomic E-state index is 11.6. The molecule has 2 rings (SSSR count). The standard InChI is InChI=1S/C11H13N3O2S2/c1-8-7-18-11(16)14(8)5-2-3-9(15)13-10-12-4-6-17-10/h4,6-7H,2-3,5H2,1H3,(H,12,13,15). The number of amides is 1. The van der Waals surface area contributed by atoms with Crippen LogP contribution in [0, 0.1) is 6.92 Å². The first-order valence-electron chi connectivity index (χ1n) is 5.51. The summed E-state index contributed by atoms with van der Waals surface area (Å²) >= 11 is 2.58. The van der Waals surface area contributed by atoms with Crippen LogP contribution in [0.4, 0.5) is 5.13 Å². The first-order valence-corrected chi connectivity index (χ1v) is 7.27. The van der Waals surface area contributed by atoms with Crippen molar-refractivity contribution in [3.63, 3.8) is 0 Å². The number of thiazole rings is 2. The summed E-state index contributed by atoms with van der Waals surface area (Å²) in [5.74, 6) is -0.0640. The van der Waals surface area contributed by atoms with Gasteiger partial charge in [-0.25, -0.2) is 4.98 Å². The molecular formula is C11H13N3O2S2. The van der Waals surface area contributed by atoms with E-state index in [9.17, 15) is 9.59 Å². The van der Waals surface area contributed by atoms with Crippen LogP contribution in [-0.4, -0.2) is 15.5 Å². The minimum absolute atomic E-state index is 0.0350. The van der Waals surface area contributed by atoms with Crippen molar-refractivity contribution < 1.29 is 4.79 Å². The van der Waals surface area contributed by atoms with E-state index in [2.05, 4.69) is 10.3 Å². The van der Waals surface area contributed by atoms with E-state index in [0.717, 1.165) is 5.69 Å². The first-order chi connectivity index (χ1) is 8.66. The predicted molar refractivity (Wildman–Crippen MR) is 73.3 cm³/mol. The van der Waals surface area contributed by atoms with Gasteiger partial charge in [0.15, 0.2) is 5.13 Å². The van der Waals surface area contributed by atoms with Gasteiger partial charge >= 0.3 is 4.87 Å². The summed E-state index contributed by atoms with van der Waals surface area (Å²) in [5, 5.41) is 6.97. The van der Waals surface area contributed by atoms with Gasteiger partial charge in [-0.3, -0.25) is 9.59 Å². The van der Waals surface area contributed by atoms with E-state index in [4.69, 9.17) is 0 Å². The van der Waals surface area contributed by atoms with Gasteiger partial charge < -0.3 is 9.88 Å². The summed E-state index contributed by atoms with van der Waals surface area (Å²) in [6.07, 6.45) is 2.69. The number of aromatic nitrogens is 2. The van der Waals surface area contributed by atoms with Crippen molar-refractivity contribution in [2.75, 3.05) is 5.32 Å². The smallest absolute Gasteiger partial charge is 0.303 e. The van der Waals surface area contributed by atoms with Crippen LogP contribution in [0.15, 0.2) is 21.8 Å². The van der Waals surface area contributed by atoms with Gasteiger partial charge in [-0.15, -0.1) is 11.3 Å². The second-order valence-corrected chi connectivity index (χ2v) is 5.50. The van der Waals surface area contributed by atoms with Crippen LogP contribution in [0.2, 0.25) is 0 Å². The molecule has 1 amide bonds. The molecule has 7 heteroatoms. The third-order valence-corrected chi connectivity index (χ3v) is 4.01. The van der Waals surface area contributed by atoms with Gasteiger partial charge in [0.05, 0.1) is 0 Å². The summed E-state index contributed by atoms with van der Waals surface area (Å²) in [4.78, 5) is 27.0. The number of nitrogens with zero attached hydrogens (tertiary/aromatic N) is 2. The molecule has 5 nitrogen and oxygen atoms in total. The maximum atomic E-state index is 11.6. The van der Waals surface area contributed by atoms with Crippen LogP contribution in [-0.2, 0) is 11.3 Å². The third kappa shape index (κ3) is 3.27. The lowest BCUT2D eigenvalue weighted by Gasteiger charge is -2.04. The number of anilines is 1. The molecule has 0 aliphatic rings. The average Bonchev–Trinajstić information content (AvgIpc) is 2.93. The summed E-state index contributed by atoms with van der Waals surface area (Å²) in [6.45, 7) is 2.48. The number of aryl methyl sites for hydroxylation is 1. The third-order valence-electron chi connectivity index (χ3n) is 2.44. The number of carbonyl (C=O) groups excluding carboxylic acids is 1. The molecule has 0 spiro atoms. The minimum atomic E-state index is -0.0640. The van der Waals surface area contributed by atoms with Gasteiger partial charge in [0.2, 0.25) is 5.91 Å². The molecule has 0 radical (unpaired) electrons. The van der Waals surface area contributed by atoms with Crippen LogP contribution in [0.1, 0.15) is 18.5 Å². The molecular weight excluding hydrogens is 270 g/mol. The van der Waals surface area contributed by atoms with Crippen LogP contribution >= 0.6 is 22.7 Å². The fourth-order valence-electron chi connectivity index (χ4n) is 1.54. The lowest BCUT2D eigenvalue weighted by atomic mass is 10.3. The Kier molecular flexibility index (Phi) is 4.27. The van der Waals surface area contributed by atoms with E-state index in [1.54, 1.807) is 10.8 Å². The maximum Gasteiger partial charge on any atom is 0.307 e. The van der Waals surface area contributed by atoms with Crippen molar-refractivity contribution >= 4 is 33.7 Å². The molecule has 96 valence electrons. The Morgan fingerprint density at radius 1 is 1.50 bits per heavy atom. The van der Waals surface area contributed by atoms with Gasteiger partial charge in [-0.1, -0.05) is 11.3 Å². The van der Waals surface area contributed by atoms with Crippen LogP contribution in [0.5, 0.6) is 0 Å². The summed E-state index contributed by atoms with van der Waals surface area (Å²) in [7, 11) is 0. The van der Waals surface area contributed by atoms with Crippen molar-refractivity contribution in [1.29, 1.82) is 0 Å². The Bertz CT molecular complexity index is 571. The Morgan fingerprint density at radius 3 is 2.94 bits per heavy atom. The summed E-state index contributed by atoms with van der Waals surface area (Å²) in [5.41, 5.74) is 0.949. The summed E-state index contributed by atoms with van der Waals surface area (Å²) < 4.78 is 1.70. The quantitative estimate of drug-likeness (QED) is 0.914. The summed E-state index contributed by atoms with van der Waals surface area (Å²) in [6, 6.07) is 0. The normalized spacial score (nSPS) is 10.5. The molecule has 2 heterocycles. The molecule has 0 aromatic carbocycles. The second-order valence-electron chi connectivity index (χ2n) is 3.78. The minimum Gasteiger partial charge on any atom is -0.303 e. The monoisotopic (exact) mass is 283 g/mol. The average molecular weight is 283 g/mol. The molecule has 2 aromatic heterocycles. The number of nitrogens with one attached hydrogen (secondary N) is 1. The fraction of sp³-hybridized carbons (Fsp3) is 0.364. The highest BCUT2D eigenvalue weighted by Gasteiger charge is 2.06. The molecule has 0 unspecified atom stereocenters. The molecule has 0 bridgehead atoms. The van der Waals surface area contributed by atoms with Crippen LogP contribution < -0.4 is 10.2 Å². The van der Waals surface area contributed by atoms with Gasteiger partial charge in [0.1, 0.15) is 0 Å². The number of hydrogen-bond acceptors (Lipinski definition) is 5. The topological polar surface area (TPSA) is 64.0 Å². The molecule has 0 atom stereocenters. The van der Waals surface area contributed by atoms with Crippen molar-refractivity contribution in [1.82, 2.24) is 9.55 Å². The fourth-order valence-corrected chi connectivity index (χ4v) is 2.85. The number of hydrogen-bond donors (Lipinski definition) is 1. The highest BCUT2D eigenvalue weighted by atomic mass is 32.1. The lowest BCUT2D eigenvalue weighted by Crippen LogP contribution is -2.17. The van der Waals surface area contributed by atoms with Gasteiger partial charge in [-0.2, -0.15) is 0 Å². The van der Waals surface area contributed by atoms with E-state index in [1.165, 1.54) is 22.7 Å². The van der Waals surface area contributed by atoms with Gasteiger partial charge in [-0.05, 0) is 13.3 Å². The van der Waals surface area contributed by atoms with E-state index in [1.807, 2.05) is 17.7 Å². The van der Waals surface area contributed by atoms with E-state index >= 15 is 0 Å². The molecule has 0 aliphatic carbocycles. The zero-order valence-electron chi connectivity index (χ0n) is 9.88. The Morgan fingerprint density at radius 2 is 2.33 bits per heavy atom. The number of carbonyl (C=O) groups is 1. The highest BCUT2D eigenvalue weighted by Crippen LogP contribution is 2.11. The van der Waals surface area contributed by atoms with E-state index in [-0.39, 0.29) is 10.8 Å². The zero-order valence-corrected chi connectivity index (χ0v) is 11.5. The van der Waals surface area contributed by atoms with Gasteiger partial charge in [0.25, 0.3) is 0 Å². The van der Waals surface area contributed by atoms with Crippen molar-refractivity contribution in [2.24, 2.45) is 0 Å². The SMILES string of the molecule is Cc1csc(=O)n1CCCC(=O)Nc1nccs1. The van der Waals surface area contributed by atoms with Crippen molar-refractivity contribution in [3.8, 4) is 0 Å². The van der Waals surface area contributed by atoms with E-state index < -0.39 is 0 Å². The molecule has 0 aliphatic heterocycles. The highest BCUT2D eigenvalue weighted by molar-refractivity contribution is 7.13. The molecule has 0 saturated heterocycles. The Balaban J connectivity index is 1.79. The first kappa shape index (κ1) is 13.0. The van der Waals surface area contributed by atoms with Crippen molar-refractivity contribution in [3.05, 3.63) is 32.3 Å². The Labute approximate surface area is 112 Å². The molecule has 0 fully saturated rings. The molecule has 2 aromatic rings. The molecule has 1 N–H and O–H groups in total. The predicted octanol–water partition coefficient (Wildman–Crippen LogP) is 2.09. The number of rotatable bonds is 5. The zero-order chi connectivity index (χ0) is 13.0. The second kappa shape index (κ2) is 5.92. The van der Waals surface area contributed by atoms with Crippen molar-refractivity contribution in [2.45, 2.75) is 26.3 Å². The van der Waals surface area contributed by atoms with Crippen LogP contribution in [0.3, 0.4) is 0 Å². The van der Waals surface area contributed by atoms with Crippen LogP contribution in [0.25, 0.3) is 0 Å². The largest absolute Gasteiger partial charge is 0.307 e. The Hall–Kier alpha value is -1.47. The van der Waals surface area contributed by atoms with E-state index in [0.29, 0.717) is 24.5 Å². The molecule has 18 heavy (non-hydrogen) atoms.